The molecule has 0 amide bonds. The first-order valence-electron chi connectivity index (χ1n) is 6.19. The lowest BCUT2D eigenvalue weighted by Crippen LogP contribution is -2.61. The molecule has 2 rings (SSSR count). The molecule has 1 saturated heterocycles. The Morgan fingerprint density at radius 2 is 2.00 bits per heavy atom. The van der Waals surface area contributed by atoms with Crippen molar-refractivity contribution >= 4 is 0 Å². The summed E-state index contributed by atoms with van der Waals surface area (Å²) in [5, 5.41) is 7.51. The lowest BCUT2D eigenvalue weighted by molar-refractivity contribution is 0.223. The van der Waals surface area contributed by atoms with E-state index in [1.807, 2.05) is 0 Å². The van der Waals surface area contributed by atoms with Crippen LogP contribution in [0.1, 0.15) is 46.0 Å². The second-order valence-corrected chi connectivity index (χ2v) is 5.58. The van der Waals surface area contributed by atoms with Gasteiger partial charge in [-0.05, 0) is 25.2 Å². The highest BCUT2D eigenvalue weighted by molar-refractivity contribution is 4.99. The van der Waals surface area contributed by atoms with Crippen LogP contribution in [0.15, 0.2) is 0 Å². The normalized spacial score (nSPS) is 31.5. The molecule has 1 unspecified atom stereocenters. The van der Waals surface area contributed by atoms with Crippen molar-refractivity contribution in [1.29, 1.82) is 0 Å². The predicted octanol–water partition coefficient (Wildman–Crippen LogP) is 1.91. The fourth-order valence-electron chi connectivity index (χ4n) is 2.96. The van der Waals surface area contributed by atoms with E-state index in [1.165, 1.54) is 45.2 Å². The van der Waals surface area contributed by atoms with Crippen molar-refractivity contribution in [2.75, 3.05) is 13.1 Å². The van der Waals surface area contributed by atoms with Gasteiger partial charge in [0.25, 0.3) is 0 Å². The molecule has 0 bridgehead atoms. The van der Waals surface area contributed by atoms with Crippen molar-refractivity contribution in [2.45, 2.75) is 57.5 Å². The van der Waals surface area contributed by atoms with E-state index < -0.39 is 0 Å². The predicted molar refractivity (Wildman–Crippen MR) is 60.4 cm³/mol. The molecule has 1 aliphatic carbocycles. The Bertz CT molecular complexity index is 173. The van der Waals surface area contributed by atoms with Crippen LogP contribution >= 0.6 is 0 Å². The zero-order valence-corrected chi connectivity index (χ0v) is 9.60. The van der Waals surface area contributed by atoms with Gasteiger partial charge < -0.3 is 10.6 Å². The number of hydrogen-bond donors (Lipinski definition) is 2. The lowest BCUT2D eigenvalue weighted by atomic mass is 9.92. The molecule has 1 saturated carbocycles. The van der Waals surface area contributed by atoms with E-state index in [4.69, 9.17) is 0 Å². The molecular weight excluding hydrogens is 172 g/mol. The fraction of sp³-hybridized carbons (Fsp3) is 1.00. The Morgan fingerprint density at radius 1 is 1.29 bits per heavy atom. The molecule has 1 aliphatic heterocycles. The van der Waals surface area contributed by atoms with E-state index in [0.717, 1.165) is 5.92 Å². The third-order valence-electron chi connectivity index (χ3n) is 3.77. The molecule has 0 aromatic heterocycles. The van der Waals surface area contributed by atoms with Crippen LogP contribution in [0.25, 0.3) is 0 Å². The Hall–Kier alpha value is -0.0800. The molecular formula is C12H24N2. The number of nitrogens with one attached hydrogen (secondary N) is 2. The van der Waals surface area contributed by atoms with E-state index in [9.17, 15) is 0 Å². The van der Waals surface area contributed by atoms with Crippen molar-refractivity contribution < 1.29 is 0 Å². The van der Waals surface area contributed by atoms with Gasteiger partial charge >= 0.3 is 0 Å². The average molecular weight is 196 g/mol. The Morgan fingerprint density at radius 3 is 2.50 bits per heavy atom. The van der Waals surface area contributed by atoms with Crippen LogP contribution in [-0.2, 0) is 0 Å². The summed E-state index contributed by atoms with van der Waals surface area (Å²) in [4.78, 5) is 0. The molecule has 2 aliphatic rings. The van der Waals surface area contributed by atoms with Crippen LogP contribution in [0.5, 0.6) is 0 Å². The minimum atomic E-state index is 0.480. The summed E-state index contributed by atoms with van der Waals surface area (Å²) in [6.45, 7) is 6.99. The molecule has 14 heavy (non-hydrogen) atoms. The average Bonchev–Trinajstić information content (AvgIpc) is 2.58. The molecule has 0 radical (unpaired) electrons. The first kappa shape index (κ1) is 10.4. The molecule has 1 heterocycles. The van der Waals surface area contributed by atoms with Crippen LogP contribution in [-0.4, -0.2) is 24.7 Å². The van der Waals surface area contributed by atoms with Gasteiger partial charge in [0, 0.05) is 24.7 Å². The van der Waals surface area contributed by atoms with Crippen molar-refractivity contribution in [2.24, 2.45) is 5.92 Å². The highest BCUT2D eigenvalue weighted by atomic mass is 15.1. The molecule has 0 aromatic carbocycles. The van der Waals surface area contributed by atoms with Crippen molar-refractivity contribution in [3.8, 4) is 0 Å². The van der Waals surface area contributed by atoms with Crippen molar-refractivity contribution in [1.82, 2.24) is 10.6 Å². The minimum absolute atomic E-state index is 0.480. The summed E-state index contributed by atoms with van der Waals surface area (Å²) < 4.78 is 0. The quantitative estimate of drug-likeness (QED) is 0.705. The molecule has 2 fully saturated rings. The zero-order chi connectivity index (χ0) is 10.0. The number of piperazine rings is 1. The molecule has 82 valence electrons. The zero-order valence-electron chi connectivity index (χ0n) is 9.60. The van der Waals surface area contributed by atoms with Gasteiger partial charge in [-0.2, -0.15) is 0 Å². The summed E-state index contributed by atoms with van der Waals surface area (Å²) in [6, 6.07) is 0.709. The van der Waals surface area contributed by atoms with Gasteiger partial charge in [-0.1, -0.05) is 26.7 Å². The Kier molecular flexibility index (Phi) is 3.13. The van der Waals surface area contributed by atoms with Crippen molar-refractivity contribution in [3.05, 3.63) is 0 Å². The van der Waals surface area contributed by atoms with Gasteiger partial charge in [-0.15, -0.1) is 0 Å². The Labute approximate surface area is 87.8 Å². The van der Waals surface area contributed by atoms with Crippen LogP contribution in [0.2, 0.25) is 0 Å². The summed E-state index contributed by atoms with van der Waals surface area (Å²) in [5.74, 6) is 0.812. The van der Waals surface area contributed by atoms with Crippen LogP contribution in [0, 0.1) is 5.92 Å². The van der Waals surface area contributed by atoms with Gasteiger partial charge in [0.2, 0.25) is 0 Å². The van der Waals surface area contributed by atoms with Crippen LogP contribution in [0.3, 0.4) is 0 Å². The summed E-state index contributed by atoms with van der Waals surface area (Å²) >= 11 is 0. The maximum absolute atomic E-state index is 3.79. The molecule has 1 spiro atoms. The first-order chi connectivity index (χ1) is 6.70. The lowest BCUT2D eigenvalue weighted by Gasteiger charge is -2.40. The largest absolute Gasteiger partial charge is 0.311 e. The smallest absolute Gasteiger partial charge is 0.0307 e. The molecule has 2 N–H and O–H groups in total. The standard InChI is InChI=1S/C12H24N2/c1-10(2)7-11-8-14-12(9-13-11)5-3-4-6-12/h10-11,13-14H,3-9H2,1-2H3. The first-order valence-corrected chi connectivity index (χ1v) is 6.19. The highest BCUT2D eigenvalue weighted by Gasteiger charge is 2.36. The monoisotopic (exact) mass is 196 g/mol. The van der Waals surface area contributed by atoms with Crippen LogP contribution < -0.4 is 10.6 Å². The third kappa shape index (κ3) is 2.29. The van der Waals surface area contributed by atoms with Gasteiger partial charge in [0.15, 0.2) is 0 Å². The van der Waals surface area contributed by atoms with Gasteiger partial charge in [0.1, 0.15) is 0 Å². The van der Waals surface area contributed by atoms with Crippen molar-refractivity contribution in [3.63, 3.8) is 0 Å². The fourth-order valence-corrected chi connectivity index (χ4v) is 2.96. The van der Waals surface area contributed by atoms with Crippen LogP contribution in [0.4, 0.5) is 0 Å². The highest BCUT2D eigenvalue weighted by Crippen LogP contribution is 2.30. The maximum Gasteiger partial charge on any atom is 0.0307 e. The van der Waals surface area contributed by atoms with E-state index >= 15 is 0 Å². The van der Waals surface area contributed by atoms with Gasteiger partial charge in [0.05, 0.1) is 0 Å². The maximum atomic E-state index is 3.79. The molecule has 1 atom stereocenters. The van der Waals surface area contributed by atoms with E-state index in [2.05, 4.69) is 24.5 Å². The van der Waals surface area contributed by atoms with E-state index in [0.29, 0.717) is 11.6 Å². The van der Waals surface area contributed by atoms with E-state index in [-0.39, 0.29) is 0 Å². The number of rotatable bonds is 2. The molecule has 2 nitrogen and oxygen atoms in total. The van der Waals surface area contributed by atoms with E-state index in [1.54, 1.807) is 0 Å². The third-order valence-corrected chi connectivity index (χ3v) is 3.77. The topological polar surface area (TPSA) is 24.1 Å². The summed E-state index contributed by atoms with van der Waals surface area (Å²) in [5.41, 5.74) is 0.480. The SMILES string of the molecule is CC(C)CC1CNC2(CCCC2)CN1. The molecule has 2 heteroatoms. The second kappa shape index (κ2) is 4.19. The minimum Gasteiger partial charge on any atom is -0.311 e. The van der Waals surface area contributed by atoms with Gasteiger partial charge in [-0.25, -0.2) is 0 Å². The summed E-state index contributed by atoms with van der Waals surface area (Å²) in [7, 11) is 0. The molecule has 0 aromatic rings. The Balaban J connectivity index is 1.79. The number of hydrogen-bond acceptors (Lipinski definition) is 2. The van der Waals surface area contributed by atoms with Gasteiger partial charge in [-0.3, -0.25) is 0 Å². The summed E-state index contributed by atoms with van der Waals surface area (Å²) in [6.07, 6.45) is 6.92. The second-order valence-electron chi connectivity index (χ2n) is 5.58.